The fourth-order valence-electron chi connectivity index (χ4n) is 4.53. The van der Waals surface area contributed by atoms with Crippen LogP contribution < -0.4 is 4.74 Å². The molecule has 0 saturated carbocycles. The first-order valence-corrected chi connectivity index (χ1v) is 9.77. The number of aliphatic hydroxyl groups excluding tert-OH is 2. The Bertz CT molecular complexity index is 1030. The lowest BCUT2D eigenvalue weighted by Gasteiger charge is -2.35. The normalized spacial score (nSPS) is 29.7. The Morgan fingerprint density at radius 1 is 1.20 bits per heavy atom. The highest BCUT2D eigenvalue weighted by Gasteiger charge is 2.51. The van der Waals surface area contributed by atoms with Crippen molar-refractivity contribution in [2.75, 3.05) is 0 Å². The number of hydrogen-bond donors (Lipinski definition) is 4. The van der Waals surface area contributed by atoms with Crippen LogP contribution in [0.3, 0.4) is 0 Å². The van der Waals surface area contributed by atoms with Crippen molar-refractivity contribution >= 4 is 5.78 Å². The second-order valence-corrected chi connectivity index (χ2v) is 8.64. The molecule has 158 valence electrons. The number of ketones is 1. The van der Waals surface area contributed by atoms with Gasteiger partial charge in [-0.05, 0) is 38.1 Å². The van der Waals surface area contributed by atoms with Gasteiger partial charge in [0.2, 0.25) is 0 Å². The topological polar surface area (TPSA) is 126 Å². The number of phenolic OH excluding ortho intramolecular Hbond substituents is 1. The number of fused-ring (bicyclic) bond motifs is 5. The van der Waals surface area contributed by atoms with Crippen molar-refractivity contribution < 1.29 is 39.4 Å². The summed E-state index contributed by atoms with van der Waals surface area (Å²) in [5, 5.41) is 42.0. The van der Waals surface area contributed by atoms with Gasteiger partial charge in [-0.25, -0.2) is 0 Å². The van der Waals surface area contributed by atoms with Crippen molar-refractivity contribution in [1.29, 1.82) is 0 Å². The van der Waals surface area contributed by atoms with Crippen LogP contribution in [0, 0.1) is 11.8 Å². The van der Waals surface area contributed by atoms with E-state index in [9.17, 15) is 25.2 Å². The summed E-state index contributed by atoms with van der Waals surface area (Å²) < 4.78 is 17.1. The first-order valence-electron chi connectivity index (χ1n) is 9.77. The molecule has 30 heavy (non-hydrogen) atoms. The van der Waals surface area contributed by atoms with Gasteiger partial charge < -0.3 is 34.6 Å². The minimum absolute atomic E-state index is 0.00238. The number of aliphatic hydroxyl groups is 3. The molecule has 5 rings (SSSR count). The van der Waals surface area contributed by atoms with Gasteiger partial charge in [0.05, 0.1) is 23.9 Å². The van der Waals surface area contributed by atoms with Gasteiger partial charge >= 0.3 is 0 Å². The number of benzene rings is 1. The van der Waals surface area contributed by atoms with Gasteiger partial charge in [0.15, 0.2) is 5.78 Å². The summed E-state index contributed by atoms with van der Waals surface area (Å²) in [7, 11) is 0. The monoisotopic (exact) mass is 414 g/mol. The number of carbonyl (C=O) groups is 1. The predicted molar refractivity (Wildman–Crippen MR) is 103 cm³/mol. The molecule has 8 heteroatoms. The van der Waals surface area contributed by atoms with E-state index in [2.05, 4.69) is 0 Å². The Morgan fingerprint density at radius 3 is 2.70 bits per heavy atom. The molecule has 1 saturated heterocycles. The van der Waals surface area contributed by atoms with Gasteiger partial charge in [0.1, 0.15) is 40.6 Å². The molecule has 1 fully saturated rings. The van der Waals surface area contributed by atoms with Gasteiger partial charge in [-0.2, -0.15) is 0 Å². The number of phenols is 1. The van der Waals surface area contributed by atoms with E-state index in [1.54, 1.807) is 26.0 Å². The summed E-state index contributed by atoms with van der Waals surface area (Å²) in [4.78, 5) is 13.3. The Kier molecular flexibility index (Phi) is 3.97. The van der Waals surface area contributed by atoms with Crippen molar-refractivity contribution in [2.24, 2.45) is 11.8 Å². The third-order valence-corrected chi connectivity index (χ3v) is 5.85. The maximum atomic E-state index is 13.3. The SMILES string of the molecule is CC(C)(O)C[C@H](O)c1ccc(O)c2c1OC1C=C3O[C@H]4OC=C[C@H]4C3=C(O)C1C2=O. The van der Waals surface area contributed by atoms with Crippen molar-refractivity contribution in [3.05, 3.63) is 58.8 Å². The zero-order valence-electron chi connectivity index (χ0n) is 16.4. The van der Waals surface area contributed by atoms with Crippen LogP contribution in [0.25, 0.3) is 0 Å². The Labute approximate surface area is 172 Å². The highest BCUT2D eigenvalue weighted by molar-refractivity contribution is 6.06. The maximum Gasteiger partial charge on any atom is 0.250 e. The molecule has 1 aromatic carbocycles. The smallest absolute Gasteiger partial charge is 0.250 e. The molecule has 0 radical (unpaired) electrons. The summed E-state index contributed by atoms with van der Waals surface area (Å²) in [6.07, 6.45) is 2.27. The lowest BCUT2D eigenvalue weighted by molar-refractivity contribution is -0.0479. The molecule has 4 N–H and O–H groups in total. The van der Waals surface area contributed by atoms with E-state index in [-0.39, 0.29) is 40.7 Å². The van der Waals surface area contributed by atoms with Crippen LogP contribution in [0.2, 0.25) is 0 Å². The maximum absolute atomic E-state index is 13.3. The van der Waals surface area contributed by atoms with E-state index in [0.717, 1.165) is 0 Å². The lowest BCUT2D eigenvalue weighted by atomic mass is 9.79. The summed E-state index contributed by atoms with van der Waals surface area (Å²) in [6.45, 7) is 3.12. The van der Waals surface area contributed by atoms with Crippen LogP contribution in [0.1, 0.15) is 42.3 Å². The van der Waals surface area contributed by atoms with Gasteiger partial charge in [-0.3, -0.25) is 4.79 Å². The molecule has 8 nitrogen and oxygen atoms in total. The molecular weight excluding hydrogens is 392 g/mol. The zero-order valence-corrected chi connectivity index (χ0v) is 16.4. The molecule has 3 aliphatic heterocycles. The number of carbonyl (C=O) groups excluding carboxylic acids is 1. The molecule has 4 aliphatic rings. The minimum Gasteiger partial charge on any atom is -0.511 e. The second kappa shape index (κ2) is 6.26. The number of aromatic hydroxyl groups is 1. The summed E-state index contributed by atoms with van der Waals surface area (Å²) in [6, 6.07) is 2.77. The fourth-order valence-corrected chi connectivity index (χ4v) is 4.53. The van der Waals surface area contributed by atoms with Crippen LogP contribution in [-0.2, 0) is 9.47 Å². The van der Waals surface area contributed by atoms with Gasteiger partial charge in [0.25, 0.3) is 6.29 Å². The number of ether oxygens (including phenoxy) is 3. The molecule has 1 aliphatic carbocycles. The van der Waals surface area contributed by atoms with Gasteiger partial charge in [-0.1, -0.05) is 0 Å². The van der Waals surface area contributed by atoms with E-state index < -0.39 is 35.8 Å². The summed E-state index contributed by atoms with van der Waals surface area (Å²) >= 11 is 0. The van der Waals surface area contributed by atoms with E-state index in [0.29, 0.717) is 11.3 Å². The van der Waals surface area contributed by atoms with Crippen LogP contribution in [0.15, 0.2) is 47.6 Å². The number of rotatable bonds is 3. The van der Waals surface area contributed by atoms with Crippen LogP contribution >= 0.6 is 0 Å². The molecule has 0 amide bonds. The second-order valence-electron chi connectivity index (χ2n) is 8.64. The van der Waals surface area contributed by atoms with E-state index in [4.69, 9.17) is 14.2 Å². The first-order chi connectivity index (χ1) is 14.2. The van der Waals surface area contributed by atoms with Crippen LogP contribution in [0.5, 0.6) is 11.5 Å². The van der Waals surface area contributed by atoms with Crippen LogP contribution in [-0.4, -0.2) is 44.2 Å². The Balaban J connectivity index is 1.59. The fraction of sp³-hybridized carbons (Fsp3) is 0.409. The van der Waals surface area contributed by atoms with Crippen molar-refractivity contribution in [1.82, 2.24) is 0 Å². The molecule has 1 aromatic rings. The number of hydrogen-bond acceptors (Lipinski definition) is 8. The standard InChI is InChI=1S/C22H22O8/c1-22(2,27)8-12(24)9-3-4-11(23)16-19(26)17-14(29-20(9)16)7-13-15(18(17)25)10-5-6-28-21(10)30-13/h3-7,10,12,14,17,21,23-25,27H,8H2,1-2H3/t10-,12-,14?,17?,21+/m0/s1. The molecule has 0 bridgehead atoms. The predicted octanol–water partition coefficient (Wildman–Crippen LogP) is 2.37. The summed E-state index contributed by atoms with van der Waals surface area (Å²) in [5.74, 6) is -1.91. The van der Waals surface area contributed by atoms with E-state index in [1.807, 2.05) is 0 Å². The van der Waals surface area contributed by atoms with E-state index in [1.165, 1.54) is 18.4 Å². The number of allylic oxidation sites excluding steroid dienone is 1. The minimum atomic E-state index is -1.16. The van der Waals surface area contributed by atoms with E-state index >= 15 is 0 Å². The van der Waals surface area contributed by atoms with Crippen LogP contribution in [0.4, 0.5) is 0 Å². The highest BCUT2D eigenvalue weighted by Crippen LogP contribution is 2.50. The molecule has 0 spiro atoms. The first kappa shape index (κ1) is 19.0. The molecule has 2 unspecified atom stereocenters. The largest absolute Gasteiger partial charge is 0.511 e. The average Bonchev–Trinajstić information content (AvgIpc) is 3.20. The molecule has 5 atom stereocenters. The summed E-state index contributed by atoms with van der Waals surface area (Å²) in [5.41, 5.74) is -0.494. The van der Waals surface area contributed by atoms with Gasteiger partial charge in [-0.15, -0.1) is 0 Å². The Morgan fingerprint density at radius 2 is 1.97 bits per heavy atom. The third kappa shape index (κ3) is 2.71. The molecule has 3 heterocycles. The van der Waals surface area contributed by atoms with Crippen molar-refractivity contribution in [2.45, 2.75) is 44.4 Å². The average molecular weight is 414 g/mol. The third-order valence-electron chi connectivity index (χ3n) is 5.85. The lowest BCUT2D eigenvalue weighted by Crippen LogP contribution is -2.41. The van der Waals surface area contributed by atoms with Crippen molar-refractivity contribution in [3.63, 3.8) is 0 Å². The van der Waals surface area contributed by atoms with Crippen molar-refractivity contribution in [3.8, 4) is 11.5 Å². The molecular formula is C22H22O8. The highest BCUT2D eigenvalue weighted by atomic mass is 16.7. The zero-order chi connectivity index (χ0) is 21.4. The number of Topliss-reactive ketones (excluding diaryl/α,β-unsaturated/α-hetero) is 1. The van der Waals surface area contributed by atoms with Gasteiger partial charge in [0, 0.05) is 17.6 Å². The quantitative estimate of drug-likeness (QED) is 0.594. The molecule has 0 aromatic heterocycles. The Hall–Kier alpha value is -2.97.